The molecule has 0 saturated carbocycles. The van der Waals surface area contributed by atoms with Crippen LogP contribution >= 0.6 is 23.1 Å². The molecule has 0 radical (unpaired) electrons. The van der Waals surface area contributed by atoms with Gasteiger partial charge in [0.05, 0.1) is 0 Å². The highest BCUT2D eigenvalue weighted by atomic mass is 32.2. The van der Waals surface area contributed by atoms with Gasteiger partial charge in [0.1, 0.15) is 4.34 Å². The number of aliphatic imine (C=N–C) groups is 1. The second-order valence-electron chi connectivity index (χ2n) is 6.15. The van der Waals surface area contributed by atoms with Gasteiger partial charge < -0.3 is 15.5 Å². The van der Waals surface area contributed by atoms with Crippen LogP contribution in [0.15, 0.2) is 39.2 Å². The van der Waals surface area contributed by atoms with Gasteiger partial charge in [0.15, 0.2) is 17.6 Å². The first-order valence-electron chi connectivity index (χ1n) is 9.19. The number of rotatable bonds is 8. The zero-order valence-electron chi connectivity index (χ0n) is 15.4. The number of pyridine rings is 1. The summed E-state index contributed by atoms with van der Waals surface area (Å²) in [5, 5.41) is 8.76. The van der Waals surface area contributed by atoms with E-state index in [9.17, 15) is 4.39 Å². The van der Waals surface area contributed by atoms with E-state index >= 15 is 0 Å². The average Bonchev–Trinajstić information content (AvgIpc) is 3.34. The van der Waals surface area contributed by atoms with Crippen molar-refractivity contribution in [2.24, 2.45) is 4.99 Å². The van der Waals surface area contributed by atoms with Gasteiger partial charge >= 0.3 is 0 Å². The first kappa shape index (κ1) is 19.9. The molecular formula is C18H25FN6S2. The Morgan fingerprint density at radius 3 is 3.15 bits per heavy atom. The number of aromatic nitrogens is 2. The van der Waals surface area contributed by atoms with Gasteiger partial charge in [-0.25, -0.2) is 14.4 Å². The summed E-state index contributed by atoms with van der Waals surface area (Å²) in [6, 6.07) is 3.31. The van der Waals surface area contributed by atoms with Crippen LogP contribution in [0.1, 0.15) is 19.8 Å². The maximum absolute atomic E-state index is 13.9. The van der Waals surface area contributed by atoms with Crippen molar-refractivity contribution in [1.29, 1.82) is 0 Å². The first-order chi connectivity index (χ1) is 13.3. The molecule has 1 unspecified atom stereocenters. The van der Waals surface area contributed by atoms with Crippen LogP contribution in [0.3, 0.4) is 0 Å². The molecule has 3 heterocycles. The summed E-state index contributed by atoms with van der Waals surface area (Å²) in [5.74, 6) is 2.00. The molecule has 6 nitrogen and oxygen atoms in total. The summed E-state index contributed by atoms with van der Waals surface area (Å²) in [7, 11) is 0. The zero-order chi connectivity index (χ0) is 18.9. The lowest BCUT2D eigenvalue weighted by atomic mass is 10.3. The minimum atomic E-state index is -0.267. The Balaban J connectivity index is 1.45. The SMILES string of the molecule is CCNC(=NCCCSc1nccs1)NC1CCN(c2ncccc2F)C1. The number of anilines is 1. The van der Waals surface area contributed by atoms with Crippen LogP contribution in [0.25, 0.3) is 0 Å². The number of thioether (sulfide) groups is 1. The molecule has 0 aliphatic carbocycles. The predicted molar refractivity (Wildman–Crippen MR) is 111 cm³/mol. The maximum Gasteiger partial charge on any atom is 0.191 e. The lowest BCUT2D eigenvalue weighted by molar-refractivity contribution is 0.612. The Morgan fingerprint density at radius 2 is 2.37 bits per heavy atom. The van der Waals surface area contributed by atoms with Crippen molar-refractivity contribution in [2.45, 2.75) is 30.1 Å². The van der Waals surface area contributed by atoms with Crippen LogP contribution in [0, 0.1) is 5.82 Å². The fraction of sp³-hybridized carbons (Fsp3) is 0.500. The highest BCUT2D eigenvalue weighted by molar-refractivity contribution is 8.00. The maximum atomic E-state index is 13.9. The molecule has 3 rings (SSSR count). The van der Waals surface area contributed by atoms with E-state index in [-0.39, 0.29) is 11.9 Å². The fourth-order valence-electron chi connectivity index (χ4n) is 2.89. The third-order valence-electron chi connectivity index (χ3n) is 4.12. The van der Waals surface area contributed by atoms with Crippen LogP contribution in [0.4, 0.5) is 10.2 Å². The topological polar surface area (TPSA) is 65.4 Å². The molecule has 2 N–H and O–H groups in total. The quantitative estimate of drug-likeness (QED) is 0.303. The lowest BCUT2D eigenvalue weighted by Crippen LogP contribution is -2.44. The predicted octanol–water partition coefficient (Wildman–Crippen LogP) is 2.99. The van der Waals surface area contributed by atoms with Gasteiger partial charge in [0.2, 0.25) is 0 Å². The van der Waals surface area contributed by atoms with Crippen LogP contribution in [-0.2, 0) is 0 Å². The normalized spacial score (nSPS) is 17.3. The Morgan fingerprint density at radius 1 is 1.44 bits per heavy atom. The van der Waals surface area contributed by atoms with Crippen LogP contribution in [0.5, 0.6) is 0 Å². The van der Waals surface area contributed by atoms with E-state index in [1.807, 2.05) is 16.5 Å². The molecule has 1 aliphatic rings. The third-order valence-corrected chi connectivity index (χ3v) is 6.17. The molecule has 146 valence electrons. The number of nitrogens with zero attached hydrogens (tertiary/aromatic N) is 4. The average molecular weight is 409 g/mol. The number of hydrogen-bond acceptors (Lipinski definition) is 6. The summed E-state index contributed by atoms with van der Waals surface area (Å²) in [6.07, 6.45) is 5.39. The van der Waals surface area contributed by atoms with Gasteiger partial charge in [-0.15, -0.1) is 11.3 Å². The molecule has 0 spiro atoms. The van der Waals surface area contributed by atoms with Crippen LogP contribution in [-0.4, -0.2) is 53.9 Å². The highest BCUT2D eigenvalue weighted by Gasteiger charge is 2.25. The molecule has 0 aromatic carbocycles. The van der Waals surface area contributed by atoms with E-state index in [0.717, 1.165) is 55.1 Å². The van der Waals surface area contributed by atoms with E-state index in [1.54, 1.807) is 35.4 Å². The monoisotopic (exact) mass is 408 g/mol. The van der Waals surface area contributed by atoms with Gasteiger partial charge in [-0.2, -0.15) is 0 Å². The van der Waals surface area contributed by atoms with Crippen molar-refractivity contribution in [3.8, 4) is 0 Å². The summed E-state index contributed by atoms with van der Waals surface area (Å²) >= 11 is 3.44. The molecule has 2 aromatic rings. The number of nitrogens with one attached hydrogen (secondary N) is 2. The second-order valence-corrected chi connectivity index (χ2v) is 8.38. The van der Waals surface area contributed by atoms with Crippen molar-refractivity contribution in [1.82, 2.24) is 20.6 Å². The van der Waals surface area contributed by atoms with Crippen molar-refractivity contribution in [3.63, 3.8) is 0 Å². The standard InChI is InChI=1S/C18H25FN6S2/c1-2-20-17(22-8-4-11-26-18-23-9-12-27-18)24-14-6-10-25(13-14)16-15(19)5-3-7-21-16/h3,5,7,9,12,14H,2,4,6,8,10-11,13H2,1H3,(H2,20,22,24). The Bertz CT molecular complexity index is 724. The van der Waals surface area contributed by atoms with E-state index < -0.39 is 0 Å². The highest BCUT2D eigenvalue weighted by Crippen LogP contribution is 2.21. The molecule has 1 fully saturated rings. The second kappa shape index (κ2) is 10.5. The van der Waals surface area contributed by atoms with Gasteiger partial charge in [0, 0.05) is 55.7 Å². The fourth-order valence-corrected chi connectivity index (χ4v) is 4.52. The zero-order valence-corrected chi connectivity index (χ0v) is 17.0. The molecule has 2 aromatic heterocycles. The lowest BCUT2D eigenvalue weighted by Gasteiger charge is -2.19. The number of guanidine groups is 1. The minimum Gasteiger partial charge on any atom is -0.357 e. The molecule has 1 saturated heterocycles. The largest absolute Gasteiger partial charge is 0.357 e. The summed E-state index contributed by atoms with van der Waals surface area (Å²) in [6.45, 7) is 5.14. The Kier molecular flexibility index (Phi) is 7.70. The molecule has 27 heavy (non-hydrogen) atoms. The Hall–Kier alpha value is -1.87. The van der Waals surface area contributed by atoms with E-state index in [1.165, 1.54) is 6.07 Å². The van der Waals surface area contributed by atoms with Gasteiger partial charge in [0.25, 0.3) is 0 Å². The third kappa shape index (κ3) is 6.07. The van der Waals surface area contributed by atoms with Crippen molar-refractivity contribution >= 4 is 34.9 Å². The van der Waals surface area contributed by atoms with E-state index in [0.29, 0.717) is 5.82 Å². The molecule has 1 atom stereocenters. The van der Waals surface area contributed by atoms with Gasteiger partial charge in [-0.3, -0.25) is 4.99 Å². The van der Waals surface area contributed by atoms with Gasteiger partial charge in [-0.1, -0.05) is 11.8 Å². The molecule has 9 heteroatoms. The number of thiazole rings is 1. The van der Waals surface area contributed by atoms with Crippen LogP contribution in [0.2, 0.25) is 0 Å². The molecule has 0 bridgehead atoms. The van der Waals surface area contributed by atoms with Crippen molar-refractivity contribution < 1.29 is 4.39 Å². The van der Waals surface area contributed by atoms with Crippen molar-refractivity contribution in [2.75, 3.05) is 36.8 Å². The molecule has 0 amide bonds. The first-order valence-corrected chi connectivity index (χ1v) is 11.1. The molecular weight excluding hydrogens is 383 g/mol. The number of halogens is 1. The summed E-state index contributed by atoms with van der Waals surface area (Å²) in [5.41, 5.74) is 0. The van der Waals surface area contributed by atoms with Crippen LogP contribution < -0.4 is 15.5 Å². The smallest absolute Gasteiger partial charge is 0.191 e. The van der Waals surface area contributed by atoms with Crippen molar-refractivity contribution in [3.05, 3.63) is 35.7 Å². The summed E-state index contributed by atoms with van der Waals surface area (Å²) in [4.78, 5) is 15.1. The van der Waals surface area contributed by atoms with E-state index in [2.05, 4.69) is 32.5 Å². The Labute approximate surface area is 167 Å². The summed E-state index contributed by atoms with van der Waals surface area (Å²) < 4.78 is 15.0. The van der Waals surface area contributed by atoms with Gasteiger partial charge in [-0.05, 0) is 31.9 Å². The van der Waals surface area contributed by atoms with E-state index in [4.69, 9.17) is 0 Å². The minimum absolute atomic E-state index is 0.230. The molecule has 1 aliphatic heterocycles. The number of hydrogen-bond donors (Lipinski definition) is 2.